The summed E-state index contributed by atoms with van der Waals surface area (Å²) >= 11 is 0. The van der Waals surface area contributed by atoms with Gasteiger partial charge in [-0.2, -0.15) is 0 Å². The van der Waals surface area contributed by atoms with Gasteiger partial charge in [0.25, 0.3) is 0 Å². The van der Waals surface area contributed by atoms with Crippen LogP contribution in [0.4, 0.5) is 5.69 Å². The van der Waals surface area contributed by atoms with E-state index in [0.717, 1.165) is 31.0 Å². The lowest BCUT2D eigenvalue weighted by molar-refractivity contribution is -0.292. The third kappa shape index (κ3) is 1.57. The van der Waals surface area contributed by atoms with Crippen molar-refractivity contribution in [3.8, 4) is 0 Å². The minimum Gasteiger partial charge on any atom is -0.467 e. The van der Waals surface area contributed by atoms with Crippen LogP contribution in [0, 0.1) is 5.92 Å². The molecule has 0 radical (unpaired) electrons. The number of benzene rings is 1. The average Bonchev–Trinajstić information content (AvgIpc) is 3.40. The summed E-state index contributed by atoms with van der Waals surface area (Å²) in [5.41, 5.74) is 1.45. The number of nitrogens with one attached hydrogen (secondary N) is 1. The Kier molecular flexibility index (Phi) is 2.87. The second-order valence-electron chi connectivity index (χ2n) is 9.62. The number of furan rings is 1. The van der Waals surface area contributed by atoms with Gasteiger partial charge in [0.1, 0.15) is 16.9 Å². The van der Waals surface area contributed by atoms with Gasteiger partial charge >= 0.3 is 0 Å². The van der Waals surface area contributed by atoms with E-state index in [4.69, 9.17) is 9.15 Å². The minimum absolute atomic E-state index is 0.0259. The van der Waals surface area contributed by atoms with Crippen molar-refractivity contribution in [2.24, 2.45) is 5.92 Å². The number of amides is 1. The molecule has 1 spiro atoms. The smallest absolute Gasteiger partial charge is 0.240 e. The largest absolute Gasteiger partial charge is 0.467 e. The molecule has 29 heavy (non-hydrogen) atoms. The normalized spacial score (nSPS) is 41.2. The molecule has 6 heteroatoms. The minimum atomic E-state index is -0.500. The molecule has 6 nitrogen and oxygen atoms in total. The van der Waals surface area contributed by atoms with E-state index in [1.807, 2.05) is 6.07 Å². The van der Waals surface area contributed by atoms with Gasteiger partial charge in [-0.25, -0.2) is 0 Å². The summed E-state index contributed by atoms with van der Waals surface area (Å²) in [6.45, 7) is 5.91. The number of carbonyl (C=O) groups is 1. The molecular formula is C23H25N3O3. The van der Waals surface area contributed by atoms with Crippen LogP contribution in [-0.2, 0) is 20.7 Å². The molecule has 150 valence electrons. The molecule has 0 aliphatic carbocycles. The molecule has 1 N–H and O–H groups in total. The van der Waals surface area contributed by atoms with Crippen molar-refractivity contribution < 1.29 is 13.9 Å². The second kappa shape index (κ2) is 5.05. The maximum absolute atomic E-state index is 13.5. The van der Waals surface area contributed by atoms with Gasteiger partial charge in [0.2, 0.25) is 5.91 Å². The summed E-state index contributed by atoms with van der Waals surface area (Å²) in [6.07, 6.45) is 2.46. The fourth-order valence-electron chi connectivity index (χ4n) is 7.20. The Balaban J connectivity index is 1.46. The molecule has 4 saturated heterocycles. The van der Waals surface area contributed by atoms with E-state index >= 15 is 0 Å². The quantitative estimate of drug-likeness (QED) is 0.871. The average molecular weight is 391 g/mol. The molecule has 2 aromatic rings. The predicted octanol–water partition coefficient (Wildman–Crippen LogP) is 2.52. The number of piperazine rings is 1. The van der Waals surface area contributed by atoms with Crippen LogP contribution in [-0.4, -0.2) is 53.0 Å². The Bertz CT molecular complexity index is 1020. The van der Waals surface area contributed by atoms with Crippen LogP contribution in [0.3, 0.4) is 0 Å². The van der Waals surface area contributed by atoms with Crippen molar-refractivity contribution in [2.75, 3.05) is 18.4 Å². The lowest BCUT2D eigenvalue weighted by Gasteiger charge is -2.58. The number of rotatable bonds is 3. The second-order valence-corrected chi connectivity index (χ2v) is 9.62. The summed E-state index contributed by atoms with van der Waals surface area (Å²) in [4.78, 5) is 18.1. The first-order valence-electron chi connectivity index (χ1n) is 10.7. The number of carbonyl (C=O) groups excluding carboxylic acids is 1. The standard InChI is InChI=1S/C23H25N3O3/c1-13(2)11-25-12-17-20-23(14-6-3-4-7-15(14)24-20)22(18-8-5-9-28-18)19(29-23)10-16(21(25)27)26(17)22/h3-9,13,16-17,19-20,24H,10-12H2,1-2H3/t16-,17?,19?,20+,22?,23?/m0/s1. The zero-order chi connectivity index (χ0) is 19.5. The first-order chi connectivity index (χ1) is 14.1. The Morgan fingerprint density at radius 2 is 2.10 bits per heavy atom. The molecule has 1 aromatic heterocycles. The molecule has 0 bridgehead atoms. The maximum Gasteiger partial charge on any atom is 0.240 e. The molecule has 4 unspecified atom stereocenters. The number of nitrogens with zero attached hydrogens (tertiary/aromatic N) is 2. The van der Waals surface area contributed by atoms with Crippen LogP contribution in [0.5, 0.6) is 0 Å². The number of para-hydroxylation sites is 1. The highest BCUT2D eigenvalue weighted by molar-refractivity contribution is 5.85. The number of hydrogen-bond acceptors (Lipinski definition) is 5. The molecular weight excluding hydrogens is 366 g/mol. The van der Waals surface area contributed by atoms with Gasteiger partial charge in [-0.05, 0) is 24.1 Å². The summed E-state index contributed by atoms with van der Waals surface area (Å²) in [6, 6.07) is 12.7. The fourth-order valence-corrected chi connectivity index (χ4v) is 7.20. The van der Waals surface area contributed by atoms with E-state index in [1.165, 1.54) is 5.56 Å². The first kappa shape index (κ1) is 16.5. The SMILES string of the molecule is CC(C)CN1CC2[C@H]3Nc4ccccc4C34OC3C[C@@H](C1=O)N2C34c1ccco1. The Hall–Kier alpha value is -2.31. The highest BCUT2D eigenvalue weighted by Crippen LogP contribution is 2.74. The number of anilines is 1. The third-order valence-electron chi connectivity index (χ3n) is 7.85. The van der Waals surface area contributed by atoms with Crippen LogP contribution < -0.4 is 5.32 Å². The van der Waals surface area contributed by atoms with Crippen molar-refractivity contribution in [2.45, 2.75) is 55.6 Å². The van der Waals surface area contributed by atoms with Crippen LogP contribution in [0.15, 0.2) is 47.1 Å². The van der Waals surface area contributed by atoms with Gasteiger partial charge in [-0.1, -0.05) is 32.0 Å². The zero-order valence-electron chi connectivity index (χ0n) is 16.7. The molecule has 6 atom stereocenters. The third-order valence-corrected chi connectivity index (χ3v) is 7.85. The number of hydrogen-bond donors (Lipinski definition) is 1. The fraction of sp³-hybridized carbons (Fsp3) is 0.522. The van der Waals surface area contributed by atoms with Crippen molar-refractivity contribution in [1.29, 1.82) is 0 Å². The molecule has 0 saturated carbocycles. The van der Waals surface area contributed by atoms with E-state index in [9.17, 15) is 4.79 Å². The summed E-state index contributed by atoms with van der Waals surface area (Å²) in [7, 11) is 0. The van der Waals surface area contributed by atoms with Crippen LogP contribution in [0.2, 0.25) is 0 Å². The van der Waals surface area contributed by atoms with E-state index in [0.29, 0.717) is 5.92 Å². The molecule has 5 aliphatic rings. The highest BCUT2D eigenvalue weighted by atomic mass is 16.6. The first-order valence-corrected chi connectivity index (χ1v) is 10.7. The van der Waals surface area contributed by atoms with Crippen LogP contribution in [0.1, 0.15) is 31.6 Å². The Morgan fingerprint density at radius 1 is 1.24 bits per heavy atom. The molecule has 1 amide bonds. The molecule has 7 rings (SSSR count). The van der Waals surface area contributed by atoms with E-state index < -0.39 is 11.1 Å². The van der Waals surface area contributed by atoms with Crippen molar-refractivity contribution in [3.63, 3.8) is 0 Å². The molecule has 4 fully saturated rings. The molecule has 5 aliphatic heterocycles. The van der Waals surface area contributed by atoms with E-state index in [-0.39, 0.29) is 30.1 Å². The maximum atomic E-state index is 13.5. The van der Waals surface area contributed by atoms with E-state index in [2.05, 4.69) is 59.3 Å². The van der Waals surface area contributed by atoms with Gasteiger partial charge in [-0.3, -0.25) is 9.69 Å². The lowest BCUT2D eigenvalue weighted by atomic mass is 9.65. The predicted molar refractivity (Wildman–Crippen MR) is 106 cm³/mol. The summed E-state index contributed by atoms with van der Waals surface area (Å²) in [5, 5.41) is 3.79. The summed E-state index contributed by atoms with van der Waals surface area (Å²) < 4.78 is 12.8. The molecule has 1 aromatic carbocycles. The van der Waals surface area contributed by atoms with Crippen molar-refractivity contribution >= 4 is 11.6 Å². The monoisotopic (exact) mass is 391 g/mol. The van der Waals surface area contributed by atoms with Gasteiger partial charge in [-0.15, -0.1) is 0 Å². The number of ether oxygens (including phenoxy) is 1. The topological polar surface area (TPSA) is 58.0 Å². The Morgan fingerprint density at radius 3 is 2.90 bits per heavy atom. The van der Waals surface area contributed by atoms with Gasteiger partial charge in [0, 0.05) is 30.8 Å². The molecule has 6 heterocycles. The lowest BCUT2D eigenvalue weighted by Crippen LogP contribution is -2.70. The zero-order valence-corrected chi connectivity index (χ0v) is 16.7. The summed E-state index contributed by atoms with van der Waals surface area (Å²) in [5.74, 6) is 1.64. The van der Waals surface area contributed by atoms with Crippen LogP contribution in [0.25, 0.3) is 0 Å². The van der Waals surface area contributed by atoms with Crippen LogP contribution >= 0.6 is 0 Å². The van der Waals surface area contributed by atoms with Gasteiger partial charge in [0.05, 0.1) is 30.5 Å². The van der Waals surface area contributed by atoms with Crippen molar-refractivity contribution in [3.05, 3.63) is 54.0 Å². The number of fused-ring (bicyclic) bond motifs is 2. The highest BCUT2D eigenvalue weighted by Gasteiger charge is 2.88. The van der Waals surface area contributed by atoms with Gasteiger partial charge < -0.3 is 19.4 Å². The van der Waals surface area contributed by atoms with Gasteiger partial charge in [0.15, 0.2) is 0 Å². The Labute approximate surface area is 169 Å². The van der Waals surface area contributed by atoms with E-state index in [1.54, 1.807) is 6.26 Å². The van der Waals surface area contributed by atoms with Crippen molar-refractivity contribution in [1.82, 2.24) is 9.80 Å².